The molecular formula is C16H13F2N5O. The molecule has 1 amide bonds. The minimum Gasteiger partial charge on any atom is -0.345 e. The summed E-state index contributed by atoms with van der Waals surface area (Å²) in [5.74, 6) is -1.79. The molecule has 3 rings (SSSR count). The number of carbonyl (C=O) groups is 1. The minimum absolute atomic E-state index is 0.0580. The van der Waals surface area contributed by atoms with Crippen LogP contribution in [-0.4, -0.2) is 25.9 Å². The van der Waals surface area contributed by atoms with E-state index in [1.807, 2.05) is 6.07 Å². The number of carbonyl (C=O) groups excluding carboxylic acids is 1. The molecule has 122 valence electrons. The number of aromatic nitrogens is 4. The predicted octanol–water partition coefficient (Wildman–Crippen LogP) is 1.93. The molecule has 1 aromatic carbocycles. The molecule has 0 aliphatic carbocycles. The Labute approximate surface area is 136 Å². The van der Waals surface area contributed by atoms with Crippen molar-refractivity contribution in [2.24, 2.45) is 0 Å². The fraction of sp³-hybridized carbons (Fsp3) is 0.125. The summed E-state index contributed by atoms with van der Waals surface area (Å²) in [6, 6.07) is 8.97. The van der Waals surface area contributed by atoms with Crippen molar-refractivity contribution >= 4 is 5.91 Å². The average molecular weight is 329 g/mol. The van der Waals surface area contributed by atoms with Gasteiger partial charge in [0.05, 0.1) is 25.0 Å². The van der Waals surface area contributed by atoms with Gasteiger partial charge in [0.25, 0.3) is 5.91 Å². The Kier molecular flexibility index (Phi) is 4.55. The van der Waals surface area contributed by atoms with Gasteiger partial charge in [0, 0.05) is 11.8 Å². The second-order valence-corrected chi connectivity index (χ2v) is 5.01. The van der Waals surface area contributed by atoms with Gasteiger partial charge in [-0.25, -0.2) is 13.5 Å². The van der Waals surface area contributed by atoms with E-state index < -0.39 is 17.5 Å². The number of benzene rings is 1. The van der Waals surface area contributed by atoms with Gasteiger partial charge in [0.1, 0.15) is 11.6 Å². The molecule has 6 nitrogen and oxygen atoms in total. The van der Waals surface area contributed by atoms with Crippen LogP contribution in [-0.2, 0) is 13.1 Å². The zero-order valence-electron chi connectivity index (χ0n) is 12.5. The van der Waals surface area contributed by atoms with E-state index in [0.29, 0.717) is 5.69 Å². The van der Waals surface area contributed by atoms with Crippen LogP contribution in [0.1, 0.15) is 21.7 Å². The van der Waals surface area contributed by atoms with Crippen LogP contribution in [0, 0.1) is 11.6 Å². The molecule has 1 N–H and O–H groups in total. The number of halogens is 2. The highest BCUT2D eigenvalue weighted by molar-refractivity contribution is 5.91. The topological polar surface area (TPSA) is 72.7 Å². The summed E-state index contributed by atoms with van der Waals surface area (Å²) in [7, 11) is 0. The van der Waals surface area contributed by atoms with Crippen LogP contribution < -0.4 is 5.32 Å². The van der Waals surface area contributed by atoms with E-state index >= 15 is 0 Å². The normalized spacial score (nSPS) is 10.6. The van der Waals surface area contributed by atoms with E-state index in [0.717, 1.165) is 12.1 Å². The number of amides is 1. The van der Waals surface area contributed by atoms with Gasteiger partial charge in [0.15, 0.2) is 5.69 Å². The van der Waals surface area contributed by atoms with Gasteiger partial charge in [-0.2, -0.15) is 0 Å². The maximum atomic E-state index is 13.6. The maximum Gasteiger partial charge on any atom is 0.273 e. The molecular weight excluding hydrogens is 316 g/mol. The number of nitrogens with zero attached hydrogens (tertiary/aromatic N) is 4. The first-order valence-electron chi connectivity index (χ1n) is 7.14. The third-order valence-corrected chi connectivity index (χ3v) is 3.31. The predicted molar refractivity (Wildman–Crippen MR) is 80.9 cm³/mol. The number of nitrogens with one attached hydrogen (secondary N) is 1. The SMILES string of the molecule is O=C(NCc1ccccn1)c1cn(Cc2c(F)cccc2F)nn1. The van der Waals surface area contributed by atoms with Crippen LogP contribution in [0.2, 0.25) is 0 Å². The second-order valence-electron chi connectivity index (χ2n) is 5.01. The van der Waals surface area contributed by atoms with E-state index in [1.54, 1.807) is 18.3 Å². The van der Waals surface area contributed by atoms with Gasteiger partial charge >= 0.3 is 0 Å². The molecule has 0 aliphatic heterocycles. The fourth-order valence-corrected chi connectivity index (χ4v) is 2.09. The molecule has 24 heavy (non-hydrogen) atoms. The van der Waals surface area contributed by atoms with Gasteiger partial charge < -0.3 is 5.32 Å². The van der Waals surface area contributed by atoms with Crippen molar-refractivity contribution in [1.82, 2.24) is 25.3 Å². The monoisotopic (exact) mass is 329 g/mol. The van der Waals surface area contributed by atoms with Crippen molar-refractivity contribution in [2.75, 3.05) is 0 Å². The van der Waals surface area contributed by atoms with Crippen molar-refractivity contribution in [3.8, 4) is 0 Å². The molecule has 0 aliphatic rings. The number of rotatable bonds is 5. The van der Waals surface area contributed by atoms with Crippen molar-refractivity contribution in [2.45, 2.75) is 13.1 Å². The fourth-order valence-electron chi connectivity index (χ4n) is 2.09. The van der Waals surface area contributed by atoms with E-state index in [-0.39, 0.29) is 24.3 Å². The zero-order chi connectivity index (χ0) is 16.9. The van der Waals surface area contributed by atoms with Crippen LogP contribution in [0.3, 0.4) is 0 Å². The van der Waals surface area contributed by atoms with Gasteiger partial charge in [-0.05, 0) is 24.3 Å². The van der Waals surface area contributed by atoms with Crippen LogP contribution in [0.25, 0.3) is 0 Å². The summed E-state index contributed by atoms with van der Waals surface area (Å²) in [6.45, 7) is 0.0908. The Morgan fingerprint density at radius 3 is 2.62 bits per heavy atom. The molecule has 2 heterocycles. The number of hydrogen-bond acceptors (Lipinski definition) is 4. The largest absolute Gasteiger partial charge is 0.345 e. The molecule has 3 aromatic rings. The van der Waals surface area contributed by atoms with Gasteiger partial charge in [-0.15, -0.1) is 5.10 Å². The lowest BCUT2D eigenvalue weighted by Crippen LogP contribution is -2.23. The lowest BCUT2D eigenvalue weighted by atomic mass is 10.2. The summed E-state index contributed by atoms with van der Waals surface area (Å²) >= 11 is 0. The standard InChI is InChI=1S/C16H13F2N5O/c17-13-5-3-6-14(18)12(13)9-23-10-15(21-22-23)16(24)20-8-11-4-1-2-7-19-11/h1-7,10H,8-9H2,(H,20,24). The average Bonchev–Trinajstić information content (AvgIpc) is 3.06. The smallest absolute Gasteiger partial charge is 0.273 e. The number of hydrogen-bond donors (Lipinski definition) is 1. The summed E-state index contributed by atoms with van der Waals surface area (Å²) in [4.78, 5) is 16.1. The first-order chi connectivity index (χ1) is 11.6. The molecule has 2 aromatic heterocycles. The Morgan fingerprint density at radius 2 is 1.92 bits per heavy atom. The highest BCUT2D eigenvalue weighted by Crippen LogP contribution is 2.13. The highest BCUT2D eigenvalue weighted by atomic mass is 19.1. The lowest BCUT2D eigenvalue weighted by molar-refractivity contribution is 0.0945. The third kappa shape index (κ3) is 3.60. The molecule has 0 bridgehead atoms. The molecule has 0 atom stereocenters. The summed E-state index contributed by atoms with van der Waals surface area (Å²) in [5, 5.41) is 10.1. The molecule has 0 radical (unpaired) electrons. The van der Waals surface area contributed by atoms with Gasteiger partial charge in [-0.1, -0.05) is 17.3 Å². The zero-order valence-corrected chi connectivity index (χ0v) is 12.5. The molecule has 0 unspecified atom stereocenters. The van der Waals surface area contributed by atoms with E-state index in [2.05, 4.69) is 20.6 Å². The first kappa shape index (κ1) is 15.7. The van der Waals surface area contributed by atoms with E-state index in [9.17, 15) is 13.6 Å². The molecule has 0 fully saturated rings. The van der Waals surface area contributed by atoms with Crippen molar-refractivity contribution in [3.63, 3.8) is 0 Å². The quantitative estimate of drug-likeness (QED) is 0.776. The summed E-state index contributed by atoms with van der Waals surface area (Å²) in [6.07, 6.45) is 2.96. The lowest BCUT2D eigenvalue weighted by Gasteiger charge is -2.04. The van der Waals surface area contributed by atoms with Crippen LogP contribution in [0.15, 0.2) is 48.8 Å². The van der Waals surface area contributed by atoms with E-state index in [4.69, 9.17) is 0 Å². The Hall–Kier alpha value is -3.16. The van der Waals surface area contributed by atoms with Crippen molar-refractivity contribution in [3.05, 3.63) is 77.4 Å². The van der Waals surface area contributed by atoms with Crippen molar-refractivity contribution < 1.29 is 13.6 Å². The van der Waals surface area contributed by atoms with Gasteiger partial charge in [0.2, 0.25) is 0 Å². The minimum atomic E-state index is -0.674. The van der Waals surface area contributed by atoms with Crippen molar-refractivity contribution in [1.29, 1.82) is 0 Å². The Morgan fingerprint density at radius 1 is 1.12 bits per heavy atom. The van der Waals surface area contributed by atoms with Crippen LogP contribution in [0.5, 0.6) is 0 Å². The molecule has 8 heteroatoms. The second kappa shape index (κ2) is 6.95. The number of pyridine rings is 1. The van der Waals surface area contributed by atoms with Gasteiger partial charge in [-0.3, -0.25) is 9.78 Å². The van der Waals surface area contributed by atoms with Crippen LogP contribution in [0.4, 0.5) is 8.78 Å². The molecule has 0 saturated heterocycles. The third-order valence-electron chi connectivity index (χ3n) is 3.31. The molecule has 0 spiro atoms. The maximum absolute atomic E-state index is 13.6. The summed E-state index contributed by atoms with van der Waals surface area (Å²) in [5.41, 5.74) is 0.622. The Balaban J connectivity index is 1.66. The van der Waals surface area contributed by atoms with E-state index in [1.165, 1.54) is 16.9 Å². The highest BCUT2D eigenvalue weighted by Gasteiger charge is 2.14. The van der Waals surface area contributed by atoms with Crippen LogP contribution >= 0.6 is 0 Å². The Bertz CT molecular complexity index is 830. The first-order valence-corrected chi connectivity index (χ1v) is 7.14. The summed E-state index contributed by atoms with van der Waals surface area (Å²) < 4.78 is 28.4. The molecule has 0 saturated carbocycles.